The predicted molar refractivity (Wildman–Crippen MR) is 71.5 cm³/mol. The van der Waals surface area contributed by atoms with Gasteiger partial charge in [-0.2, -0.15) is 5.10 Å². The van der Waals surface area contributed by atoms with Crippen LogP contribution in [-0.4, -0.2) is 14.6 Å². The summed E-state index contributed by atoms with van der Waals surface area (Å²) < 4.78 is 1.92. The highest BCUT2D eigenvalue weighted by atomic mass is 15.2. The number of nitrogens with zero attached hydrogens (tertiary/aromatic N) is 3. The molecular formula is C15H15N3. The van der Waals surface area contributed by atoms with Crippen molar-refractivity contribution in [2.24, 2.45) is 0 Å². The van der Waals surface area contributed by atoms with Crippen LogP contribution in [0.25, 0.3) is 5.65 Å². The maximum absolute atomic E-state index is 4.34. The first-order valence-corrected chi connectivity index (χ1v) is 6.17. The molecule has 2 heterocycles. The summed E-state index contributed by atoms with van der Waals surface area (Å²) >= 11 is 0. The first-order valence-electron chi connectivity index (χ1n) is 6.17. The molecule has 0 N–H and O–H groups in total. The molecule has 0 saturated heterocycles. The minimum atomic E-state index is 0.415. The van der Waals surface area contributed by atoms with E-state index < -0.39 is 0 Å². The fourth-order valence-electron chi connectivity index (χ4n) is 2.30. The topological polar surface area (TPSA) is 30.2 Å². The standard InChI is InChI=1S/C15H15N3/c1-12(11-13-5-3-2-4-6-13)14-7-9-16-15-8-10-17-18(14)15/h2-10,12H,11H2,1H3. The highest BCUT2D eigenvalue weighted by Gasteiger charge is 2.11. The Hall–Kier alpha value is -2.16. The molecular weight excluding hydrogens is 222 g/mol. The normalized spacial score (nSPS) is 12.7. The van der Waals surface area contributed by atoms with E-state index in [4.69, 9.17) is 0 Å². The van der Waals surface area contributed by atoms with Crippen molar-refractivity contribution in [2.75, 3.05) is 0 Å². The van der Waals surface area contributed by atoms with Crippen molar-refractivity contribution in [3.63, 3.8) is 0 Å². The number of hydrogen-bond acceptors (Lipinski definition) is 2. The third kappa shape index (κ3) is 1.99. The molecule has 0 fully saturated rings. The molecule has 0 aliphatic carbocycles. The summed E-state index contributed by atoms with van der Waals surface area (Å²) in [6, 6.07) is 14.5. The summed E-state index contributed by atoms with van der Waals surface area (Å²) in [5.41, 5.74) is 3.46. The van der Waals surface area contributed by atoms with E-state index in [1.807, 2.05) is 28.9 Å². The van der Waals surface area contributed by atoms with Crippen molar-refractivity contribution in [3.8, 4) is 0 Å². The van der Waals surface area contributed by atoms with Crippen molar-refractivity contribution in [2.45, 2.75) is 19.3 Å². The Morgan fingerprint density at radius 3 is 2.72 bits per heavy atom. The highest BCUT2D eigenvalue weighted by Crippen LogP contribution is 2.20. The van der Waals surface area contributed by atoms with Crippen LogP contribution in [0.15, 0.2) is 54.9 Å². The number of hydrogen-bond donors (Lipinski definition) is 0. The third-order valence-corrected chi connectivity index (χ3v) is 3.21. The van der Waals surface area contributed by atoms with Gasteiger partial charge in [0.25, 0.3) is 0 Å². The zero-order valence-electron chi connectivity index (χ0n) is 10.3. The van der Waals surface area contributed by atoms with Crippen LogP contribution in [0.4, 0.5) is 0 Å². The number of fused-ring (bicyclic) bond motifs is 1. The van der Waals surface area contributed by atoms with Gasteiger partial charge in [0, 0.05) is 23.9 Å². The van der Waals surface area contributed by atoms with Crippen LogP contribution >= 0.6 is 0 Å². The molecule has 1 unspecified atom stereocenters. The summed E-state index contributed by atoms with van der Waals surface area (Å²) in [6.07, 6.45) is 4.66. The molecule has 1 atom stereocenters. The molecule has 90 valence electrons. The van der Waals surface area contributed by atoms with E-state index in [-0.39, 0.29) is 0 Å². The predicted octanol–water partition coefficient (Wildman–Crippen LogP) is 3.08. The third-order valence-electron chi connectivity index (χ3n) is 3.21. The molecule has 18 heavy (non-hydrogen) atoms. The van der Waals surface area contributed by atoms with Crippen LogP contribution in [0.3, 0.4) is 0 Å². The first-order chi connectivity index (χ1) is 8.84. The van der Waals surface area contributed by atoms with Crippen LogP contribution in [0, 0.1) is 0 Å². The Labute approximate surface area is 106 Å². The number of aromatic nitrogens is 3. The van der Waals surface area contributed by atoms with Gasteiger partial charge >= 0.3 is 0 Å². The molecule has 1 aromatic carbocycles. The van der Waals surface area contributed by atoms with Gasteiger partial charge in [0.05, 0.1) is 6.20 Å². The Bertz CT molecular complexity index is 643. The van der Waals surface area contributed by atoms with Gasteiger partial charge in [-0.1, -0.05) is 37.3 Å². The molecule has 0 amide bonds. The molecule has 0 bridgehead atoms. The fourth-order valence-corrected chi connectivity index (χ4v) is 2.30. The molecule has 0 spiro atoms. The molecule has 2 aromatic heterocycles. The molecule has 3 rings (SSSR count). The van der Waals surface area contributed by atoms with Crippen LogP contribution in [0.5, 0.6) is 0 Å². The molecule has 0 aliphatic heterocycles. The van der Waals surface area contributed by atoms with Crippen molar-refractivity contribution in [1.29, 1.82) is 0 Å². The van der Waals surface area contributed by atoms with Gasteiger partial charge in [-0.25, -0.2) is 9.50 Å². The van der Waals surface area contributed by atoms with E-state index in [2.05, 4.69) is 41.3 Å². The van der Waals surface area contributed by atoms with Crippen molar-refractivity contribution >= 4 is 5.65 Å². The summed E-state index contributed by atoms with van der Waals surface area (Å²) in [7, 11) is 0. The zero-order valence-corrected chi connectivity index (χ0v) is 10.3. The second-order valence-corrected chi connectivity index (χ2v) is 4.56. The maximum atomic E-state index is 4.34. The van der Waals surface area contributed by atoms with Gasteiger partial charge in [-0.15, -0.1) is 0 Å². The minimum absolute atomic E-state index is 0.415. The molecule has 3 aromatic rings. The van der Waals surface area contributed by atoms with Crippen LogP contribution in [0.2, 0.25) is 0 Å². The summed E-state index contributed by atoms with van der Waals surface area (Å²) in [4.78, 5) is 4.29. The van der Waals surface area contributed by atoms with Crippen LogP contribution in [-0.2, 0) is 6.42 Å². The lowest BCUT2D eigenvalue weighted by molar-refractivity contribution is 0.688. The average molecular weight is 237 g/mol. The summed E-state index contributed by atoms with van der Waals surface area (Å²) in [5, 5.41) is 4.34. The van der Waals surface area contributed by atoms with E-state index >= 15 is 0 Å². The molecule has 3 nitrogen and oxygen atoms in total. The Balaban J connectivity index is 1.92. The van der Waals surface area contributed by atoms with Crippen LogP contribution < -0.4 is 0 Å². The smallest absolute Gasteiger partial charge is 0.155 e. The van der Waals surface area contributed by atoms with E-state index in [1.165, 1.54) is 11.3 Å². The zero-order chi connectivity index (χ0) is 12.4. The Morgan fingerprint density at radius 1 is 1.06 bits per heavy atom. The second-order valence-electron chi connectivity index (χ2n) is 4.56. The van der Waals surface area contributed by atoms with Crippen molar-refractivity contribution in [1.82, 2.24) is 14.6 Å². The van der Waals surface area contributed by atoms with Crippen molar-refractivity contribution in [3.05, 3.63) is 66.1 Å². The molecule has 0 saturated carbocycles. The van der Waals surface area contributed by atoms with Crippen LogP contribution in [0.1, 0.15) is 24.1 Å². The lowest BCUT2D eigenvalue weighted by Crippen LogP contribution is -2.06. The second kappa shape index (κ2) is 4.61. The first kappa shape index (κ1) is 11.0. The summed E-state index contributed by atoms with van der Waals surface area (Å²) in [6.45, 7) is 2.23. The maximum Gasteiger partial charge on any atom is 0.155 e. The van der Waals surface area contributed by atoms with E-state index in [0.29, 0.717) is 5.92 Å². The molecule has 0 radical (unpaired) electrons. The minimum Gasteiger partial charge on any atom is -0.237 e. The lowest BCUT2D eigenvalue weighted by atomic mass is 9.98. The molecule has 3 heteroatoms. The van der Waals surface area contributed by atoms with Gasteiger partial charge in [-0.3, -0.25) is 0 Å². The monoisotopic (exact) mass is 237 g/mol. The fraction of sp³-hybridized carbons (Fsp3) is 0.200. The van der Waals surface area contributed by atoms with Gasteiger partial charge < -0.3 is 0 Å². The quantitative estimate of drug-likeness (QED) is 0.700. The Kier molecular flexibility index (Phi) is 2.81. The molecule has 0 aliphatic rings. The van der Waals surface area contributed by atoms with E-state index in [1.54, 1.807) is 6.20 Å². The van der Waals surface area contributed by atoms with Gasteiger partial charge in [-0.05, 0) is 18.1 Å². The van der Waals surface area contributed by atoms with Gasteiger partial charge in [0.2, 0.25) is 0 Å². The van der Waals surface area contributed by atoms with Crippen molar-refractivity contribution < 1.29 is 0 Å². The number of rotatable bonds is 3. The highest BCUT2D eigenvalue weighted by molar-refractivity contribution is 5.37. The van der Waals surface area contributed by atoms with Gasteiger partial charge in [0.15, 0.2) is 5.65 Å². The van der Waals surface area contributed by atoms with Gasteiger partial charge in [0.1, 0.15) is 0 Å². The number of benzene rings is 1. The Morgan fingerprint density at radius 2 is 1.89 bits per heavy atom. The van der Waals surface area contributed by atoms with E-state index in [0.717, 1.165) is 12.1 Å². The SMILES string of the molecule is CC(Cc1ccccc1)c1ccnc2ccnn12. The lowest BCUT2D eigenvalue weighted by Gasteiger charge is -2.13. The van der Waals surface area contributed by atoms with E-state index in [9.17, 15) is 0 Å². The largest absolute Gasteiger partial charge is 0.237 e. The summed E-state index contributed by atoms with van der Waals surface area (Å²) in [5.74, 6) is 0.415. The average Bonchev–Trinajstić information content (AvgIpc) is 2.87.